The van der Waals surface area contributed by atoms with Gasteiger partial charge in [0.15, 0.2) is 0 Å². The van der Waals surface area contributed by atoms with Crippen LogP contribution in [0.1, 0.15) is 33.1 Å². The van der Waals surface area contributed by atoms with Crippen molar-refractivity contribution in [3.8, 4) is 0 Å². The molecular weight excluding hydrogens is 278 g/mol. The summed E-state index contributed by atoms with van der Waals surface area (Å²) in [5, 5.41) is 6.20. The van der Waals surface area contributed by atoms with Gasteiger partial charge in [0.05, 0.1) is 0 Å². The van der Waals surface area contributed by atoms with Gasteiger partial charge >= 0.3 is 0 Å². The lowest BCUT2D eigenvalue weighted by molar-refractivity contribution is -0.144. The number of amides is 2. The predicted molar refractivity (Wildman–Crippen MR) is 80.8 cm³/mol. The van der Waals surface area contributed by atoms with Crippen LogP contribution in [-0.4, -0.2) is 48.9 Å². The molecule has 0 aromatic heterocycles. The van der Waals surface area contributed by atoms with Gasteiger partial charge in [0.25, 0.3) is 0 Å². The zero-order valence-corrected chi connectivity index (χ0v) is 13.2. The molecule has 0 aliphatic carbocycles. The Labute approximate surface area is 127 Å². The highest BCUT2D eigenvalue weighted by molar-refractivity contribution is 5.88. The minimum absolute atomic E-state index is 0. The monoisotopic (exact) mass is 303 g/mol. The largest absolute Gasteiger partial charge is 0.354 e. The molecule has 2 N–H and O–H groups in total. The summed E-state index contributed by atoms with van der Waals surface area (Å²) < 4.78 is 0. The number of halogens is 1. The molecule has 0 aromatic carbocycles. The van der Waals surface area contributed by atoms with Gasteiger partial charge in [-0.1, -0.05) is 13.8 Å². The van der Waals surface area contributed by atoms with Crippen LogP contribution in [0.15, 0.2) is 0 Å². The third kappa shape index (κ3) is 4.09. The summed E-state index contributed by atoms with van der Waals surface area (Å²) in [6, 6.07) is -0.253. The molecule has 1 unspecified atom stereocenters. The van der Waals surface area contributed by atoms with Gasteiger partial charge in [-0.25, -0.2) is 0 Å². The second kappa shape index (κ2) is 7.84. The van der Waals surface area contributed by atoms with E-state index in [2.05, 4.69) is 10.6 Å². The second-order valence-corrected chi connectivity index (χ2v) is 5.97. The van der Waals surface area contributed by atoms with Gasteiger partial charge in [-0.3, -0.25) is 9.59 Å². The van der Waals surface area contributed by atoms with Gasteiger partial charge in [0.1, 0.15) is 6.04 Å². The van der Waals surface area contributed by atoms with Crippen molar-refractivity contribution >= 4 is 24.2 Å². The fraction of sp³-hybridized carbons (Fsp3) is 0.857. The first-order valence-corrected chi connectivity index (χ1v) is 7.38. The van der Waals surface area contributed by atoms with Crippen molar-refractivity contribution in [2.45, 2.75) is 39.2 Å². The maximum absolute atomic E-state index is 12.3. The summed E-state index contributed by atoms with van der Waals surface area (Å²) in [4.78, 5) is 26.2. The average molecular weight is 304 g/mol. The van der Waals surface area contributed by atoms with Crippen molar-refractivity contribution in [1.29, 1.82) is 0 Å². The number of hydrogen-bond acceptors (Lipinski definition) is 3. The lowest BCUT2D eigenvalue weighted by Gasteiger charge is -2.36. The Morgan fingerprint density at radius 3 is 2.55 bits per heavy atom. The summed E-state index contributed by atoms with van der Waals surface area (Å²) in [5.41, 5.74) is 0. The zero-order valence-electron chi connectivity index (χ0n) is 12.4. The van der Waals surface area contributed by atoms with E-state index in [0.717, 1.165) is 45.4 Å². The summed E-state index contributed by atoms with van der Waals surface area (Å²) >= 11 is 0. The molecular formula is C14H26ClN3O2. The van der Waals surface area contributed by atoms with Crippen LogP contribution >= 0.6 is 12.4 Å². The van der Waals surface area contributed by atoms with Crippen molar-refractivity contribution in [3.05, 3.63) is 0 Å². The molecule has 2 aliphatic heterocycles. The Bertz CT molecular complexity index is 345. The summed E-state index contributed by atoms with van der Waals surface area (Å²) in [6.45, 7) is 7.21. The Kier molecular flexibility index (Phi) is 6.76. The molecule has 2 rings (SSSR count). The van der Waals surface area contributed by atoms with Crippen LogP contribution in [0.25, 0.3) is 0 Å². The third-order valence-corrected chi connectivity index (χ3v) is 4.01. The molecule has 1 atom stereocenters. The fourth-order valence-electron chi connectivity index (χ4n) is 2.66. The van der Waals surface area contributed by atoms with Gasteiger partial charge in [0, 0.05) is 38.0 Å². The standard InChI is InChI=1S/C14H25N3O2.ClH/c1-10(2)14(19)17-6-4-3-5-12(17)13(18)16-9-11-7-15-8-11;/h10-12,15H,3-9H2,1-2H3,(H,16,18);1H. The van der Waals surface area contributed by atoms with Crippen LogP contribution in [0.3, 0.4) is 0 Å². The molecule has 116 valence electrons. The number of carbonyl (C=O) groups excluding carboxylic acids is 2. The van der Waals surface area contributed by atoms with Crippen molar-refractivity contribution < 1.29 is 9.59 Å². The average Bonchev–Trinajstić information content (AvgIpc) is 2.35. The summed E-state index contributed by atoms with van der Waals surface area (Å²) in [5.74, 6) is 0.650. The van der Waals surface area contributed by atoms with Crippen LogP contribution in [0.4, 0.5) is 0 Å². The highest BCUT2D eigenvalue weighted by Crippen LogP contribution is 2.19. The second-order valence-electron chi connectivity index (χ2n) is 5.97. The maximum atomic E-state index is 12.3. The van der Waals surface area contributed by atoms with E-state index in [-0.39, 0.29) is 36.2 Å². The summed E-state index contributed by atoms with van der Waals surface area (Å²) in [7, 11) is 0. The van der Waals surface area contributed by atoms with Crippen molar-refractivity contribution in [3.63, 3.8) is 0 Å². The Morgan fingerprint density at radius 2 is 2.00 bits per heavy atom. The number of rotatable bonds is 4. The number of carbonyl (C=O) groups is 2. The molecule has 20 heavy (non-hydrogen) atoms. The van der Waals surface area contributed by atoms with E-state index >= 15 is 0 Å². The lowest BCUT2D eigenvalue weighted by Crippen LogP contribution is -2.55. The first-order valence-electron chi connectivity index (χ1n) is 7.38. The van der Waals surface area contributed by atoms with E-state index in [0.29, 0.717) is 5.92 Å². The van der Waals surface area contributed by atoms with Crippen molar-refractivity contribution in [1.82, 2.24) is 15.5 Å². The van der Waals surface area contributed by atoms with Crippen molar-refractivity contribution in [2.24, 2.45) is 11.8 Å². The molecule has 0 saturated carbocycles. The molecule has 0 spiro atoms. The van der Waals surface area contributed by atoms with Gasteiger partial charge in [-0.05, 0) is 19.3 Å². The van der Waals surface area contributed by atoms with Crippen LogP contribution in [0, 0.1) is 11.8 Å². The molecule has 5 nitrogen and oxygen atoms in total. The lowest BCUT2D eigenvalue weighted by atomic mass is 9.98. The number of likely N-dealkylation sites (tertiary alicyclic amines) is 1. The van der Waals surface area contributed by atoms with Crippen LogP contribution in [0.2, 0.25) is 0 Å². The number of nitrogens with one attached hydrogen (secondary N) is 2. The third-order valence-electron chi connectivity index (χ3n) is 4.01. The summed E-state index contributed by atoms with van der Waals surface area (Å²) in [6.07, 6.45) is 2.84. The highest BCUT2D eigenvalue weighted by Gasteiger charge is 2.33. The maximum Gasteiger partial charge on any atom is 0.242 e. The minimum atomic E-state index is -0.253. The predicted octanol–water partition coefficient (Wildman–Crippen LogP) is 0.781. The number of piperidine rings is 1. The highest BCUT2D eigenvalue weighted by atomic mass is 35.5. The molecule has 2 aliphatic rings. The quantitative estimate of drug-likeness (QED) is 0.807. The molecule has 2 fully saturated rings. The first-order chi connectivity index (χ1) is 9.09. The van der Waals surface area contributed by atoms with Crippen molar-refractivity contribution in [2.75, 3.05) is 26.2 Å². The minimum Gasteiger partial charge on any atom is -0.354 e. The SMILES string of the molecule is CC(C)C(=O)N1CCCCC1C(=O)NCC1CNC1.Cl. The molecule has 2 amide bonds. The van der Waals surface area contributed by atoms with E-state index in [1.807, 2.05) is 13.8 Å². The van der Waals surface area contributed by atoms with E-state index in [1.54, 1.807) is 4.90 Å². The van der Waals surface area contributed by atoms with Crippen LogP contribution in [-0.2, 0) is 9.59 Å². The zero-order chi connectivity index (χ0) is 13.8. The normalized spacial score (nSPS) is 22.9. The van der Waals surface area contributed by atoms with E-state index in [9.17, 15) is 9.59 Å². The molecule has 2 heterocycles. The fourth-order valence-corrected chi connectivity index (χ4v) is 2.66. The van der Waals surface area contributed by atoms with Gasteiger partial charge in [-0.2, -0.15) is 0 Å². The number of hydrogen-bond donors (Lipinski definition) is 2. The Hall–Kier alpha value is -0.810. The first kappa shape index (κ1) is 17.2. The Morgan fingerprint density at radius 1 is 1.30 bits per heavy atom. The van der Waals surface area contributed by atoms with Gasteiger partial charge in [-0.15, -0.1) is 12.4 Å². The van der Waals surface area contributed by atoms with E-state index in [1.165, 1.54) is 0 Å². The van der Waals surface area contributed by atoms with E-state index in [4.69, 9.17) is 0 Å². The van der Waals surface area contributed by atoms with Crippen LogP contribution < -0.4 is 10.6 Å². The van der Waals surface area contributed by atoms with E-state index < -0.39 is 0 Å². The molecule has 6 heteroatoms. The Balaban J connectivity index is 0.00000200. The molecule has 2 saturated heterocycles. The number of nitrogens with zero attached hydrogens (tertiary/aromatic N) is 1. The molecule has 0 aromatic rings. The molecule has 0 bridgehead atoms. The molecule has 0 radical (unpaired) electrons. The smallest absolute Gasteiger partial charge is 0.242 e. The van der Waals surface area contributed by atoms with Gasteiger partial charge in [0.2, 0.25) is 11.8 Å². The van der Waals surface area contributed by atoms with Crippen LogP contribution in [0.5, 0.6) is 0 Å². The van der Waals surface area contributed by atoms with Gasteiger partial charge < -0.3 is 15.5 Å². The topological polar surface area (TPSA) is 61.4 Å².